The smallest absolute Gasteiger partial charge is 0.160 e. The van der Waals surface area contributed by atoms with Gasteiger partial charge in [0.2, 0.25) is 0 Å². The van der Waals surface area contributed by atoms with Crippen LogP contribution in [0.5, 0.6) is 0 Å². The Morgan fingerprint density at radius 2 is 0.708 bits per heavy atom. The lowest BCUT2D eigenvalue weighted by molar-refractivity contribution is 0.769. The largest absolute Gasteiger partial charge is 0.228 e. The molecule has 0 fully saturated rings. The second kappa shape index (κ2) is 16.0. The molecule has 0 saturated heterocycles. The number of aromatic nitrogens is 2. The van der Waals surface area contributed by atoms with Gasteiger partial charge in [0.05, 0.1) is 16.8 Å². The minimum atomic E-state index is -0.476. The molecule has 10 aromatic carbocycles. The maximum atomic E-state index is 5.30. The summed E-state index contributed by atoms with van der Waals surface area (Å²) in [5.74, 6) is 0.697. The first-order valence-corrected chi connectivity index (χ1v) is 22.3. The van der Waals surface area contributed by atoms with E-state index in [1.54, 1.807) is 0 Å². The van der Waals surface area contributed by atoms with Gasteiger partial charge in [0.15, 0.2) is 5.82 Å². The highest BCUT2D eigenvalue weighted by molar-refractivity contribution is 6.05. The third-order valence-electron chi connectivity index (χ3n) is 13.2. The molecule has 11 aromatic rings. The number of nitrogens with zero attached hydrogens (tertiary/aromatic N) is 2. The molecule has 0 spiro atoms. The summed E-state index contributed by atoms with van der Waals surface area (Å²) < 4.78 is 0. The second-order valence-electron chi connectivity index (χ2n) is 16.8. The number of benzene rings is 10. The summed E-state index contributed by atoms with van der Waals surface area (Å²) in [4.78, 5) is 10.5. The Morgan fingerprint density at radius 3 is 1.38 bits per heavy atom. The Kier molecular flexibility index (Phi) is 9.43. The van der Waals surface area contributed by atoms with E-state index in [-0.39, 0.29) is 0 Å². The van der Waals surface area contributed by atoms with Crippen LogP contribution in [0.2, 0.25) is 0 Å². The number of hydrogen-bond acceptors (Lipinski definition) is 2. The molecule has 65 heavy (non-hydrogen) atoms. The molecule has 0 bridgehead atoms. The molecule has 12 rings (SSSR count). The van der Waals surface area contributed by atoms with E-state index in [1.165, 1.54) is 66.6 Å². The third-order valence-corrected chi connectivity index (χ3v) is 13.2. The average molecular weight is 827 g/mol. The second-order valence-corrected chi connectivity index (χ2v) is 16.8. The molecule has 0 unspecified atom stereocenters. The molecule has 2 heteroatoms. The Hall–Kier alpha value is -8.46. The fourth-order valence-corrected chi connectivity index (χ4v) is 10.2. The minimum absolute atomic E-state index is 0.476. The molecule has 0 radical (unpaired) electrons. The quantitative estimate of drug-likeness (QED) is 0.152. The van der Waals surface area contributed by atoms with Crippen LogP contribution in [0.3, 0.4) is 0 Å². The van der Waals surface area contributed by atoms with Crippen molar-refractivity contribution < 1.29 is 0 Å². The van der Waals surface area contributed by atoms with Crippen LogP contribution in [-0.4, -0.2) is 9.97 Å². The highest BCUT2D eigenvalue weighted by Gasteiger charge is 2.46. The van der Waals surface area contributed by atoms with E-state index in [0.717, 1.165) is 39.0 Å². The minimum Gasteiger partial charge on any atom is -0.228 e. The first kappa shape index (κ1) is 38.2. The van der Waals surface area contributed by atoms with Crippen LogP contribution in [0.25, 0.3) is 89.2 Å². The molecular weight excluding hydrogens is 785 g/mol. The molecule has 304 valence electrons. The lowest BCUT2D eigenvalue weighted by Gasteiger charge is -2.34. The topological polar surface area (TPSA) is 25.8 Å². The van der Waals surface area contributed by atoms with Crippen LogP contribution < -0.4 is 0 Å². The van der Waals surface area contributed by atoms with Gasteiger partial charge in [-0.2, -0.15) is 0 Å². The zero-order valence-electron chi connectivity index (χ0n) is 35.6. The maximum Gasteiger partial charge on any atom is 0.160 e. The van der Waals surface area contributed by atoms with Gasteiger partial charge in [-0.05, 0) is 95.7 Å². The van der Waals surface area contributed by atoms with Crippen molar-refractivity contribution in [3.63, 3.8) is 0 Å². The Labute approximate surface area is 379 Å². The first-order chi connectivity index (χ1) is 32.2. The van der Waals surface area contributed by atoms with Crippen LogP contribution in [-0.2, 0) is 5.41 Å². The molecular formula is C63H42N2. The molecule has 0 N–H and O–H groups in total. The van der Waals surface area contributed by atoms with Crippen LogP contribution in [0, 0.1) is 0 Å². The van der Waals surface area contributed by atoms with Crippen molar-refractivity contribution >= 4 is 10.8 Å². The highest BCUT2D eigenvalue weighted by atomic mass is 14.9. The summed E-state index contributed by atoms with van der Waals surface area (Å²) >= 11 is 0. The summed E-state index contributed by atoms with van der Waals surface area (Å²) in [5, 5.41) is 2.32. The summed E-state index contributed by atoms with van der Waals surface area (Å²) in [7, 11) is 0. The van der Waals surface area contributed by atoms with Crippen molar-refractivity contribution in [2.75, 3.05) is 0 Å². The van der Waals surface area contributed by atoms with Crippen LogP contribution in [0.4, 0.5) is 0 Å². The van der Waals surface area contributed by atoms with E-state index < -0.39 is 5.41 Å². The van der Waals surface area contributed by atoms with E-state index in [1.807, 2.05) is 18.2 Å². The zero-order valence-corrected chi connectivity index (χ0v) is 35.6. The van der Waals surface area contributed by atoms with Gasteiger partial charge in [0.1, 0.15) is 0 Å². The normalized spacial score (nSPS) is 12.4. The molecule has 1 aliphatic rings. The molecule has 1 heterocycles. The summed E-state index contributed by atoms with van der Waals surface area (Å²) in [6, 6.07) is 91.9. The molecule has 0 atom stereocenters. The van der Waals surface area contributed by atoms with Crippen LogP contribution >= 0.6 is 0 Å². The Balaban J connectivity index is 0.984. The van der Waals surface area contributed by atoms with E-state index in [4.69, 9.17) is 9.97 Å². The van der Waals surface area contributed by atoms with Crippen LogP contribution in [0.15, 0.2) is 255 Å². The lowest BCUT2D eigenvalue weighted by Crippen LogP contribution is -2.28. The van der Waals surface area contributed by atoms with Crippen molar-refractivity contribution in [3.8, 4) is 78.4 Å². The van der Waals surface area contributed by atoms with Crippen molar-refractivity contribution in [2.24, 2.45) is 0 Å². The van der Waals surface area contributed by atoms with Gasteiger partial charge >= 0.3 is 0 Å². The number of hydrogen-bond donors (Lipinski definition) is 0. The van der Waals surface area contributed by atoms with E-state index >= 15 is 0 Å². The monoisotopic (exact) mass is 826 g/mol. The predicted octanol–water partition coefficient (Wildman–Crippen LogP) is 16.0. The van der Waals surface area contributed by atoms with E-state index in [2.05, 4.69) is 237 Å². The summed E-state index contributed by atoms with van der Waals surface area (Å²) in [6.07, 6.45) is 0. The molecule has 0 aliphatic heterocycles. The summed E-state index contributed by atoms with van der Waals surface area (Å²) in [6.45, 7) is 0. The molecule has 2 nitrogen and oxygen atoms in total. The van der Waals surface area contributed by atoms with Gasteiger partial charge in [-0.15, -0.1) is 0 Å². The van der Waals surface area contributed by atoms with Gasteiger partial charge in [-0.3, -0.25) is 0 Å². The highest BCUT2D eigenvalue weighted by Crippen LogP contribution is 2.57. The van der Waals surface area contributed by atoms with Crippen LogP contribution in [0.1, 0.15) is 22.3 Å². The molecule has 1 aliphatic carbocycles. The first-order valence-electron chi connectivity index (χ1n) is 22.3. The van der Waals surface area contributed by atoms with Gasteiger partial charge in [-0.25, -0.2) is 9.97 Å². The van der Waals surface area contributed by atoms with E-state index in [0.29, 0.717) is 5.82 Å². The molecule has 1 aromatic heterocycles. The number of fused-ring (bicyclic) bond motifs is 4. The predicted molar refractivity (Wildman–Crippen MR) is 269 cm³/mol. The SMILES string of the molecule is c1ccc(-c2cccc(-c3ccc(-c4cc(-c5ccc(-c6ccc7c(c6)C(c6ccccc6)(c6ccccc6)c6ccccc6-7)c6ccccc56)nc(-c5ccccc5)n4)cc3)c2)cc1. The Morgan fingerprint density at radius 1 is 0.246 bits per heavy atom. The zero-order chi connectivity index (χ0) is 43.2. The maximum absolute atomic E-state index is 5.30. The Bertz CT molecular complexity index is 3470. The van der Waals surface area contributed by atoms with E-state index in [9.17, 15) is 0 Å². The van der Waals surface area contributed by atoms with Crippen molar-refractivity contribution in [3.05, 3.63) is 277 Å². The fourth-order valence-electron chi connectivity index (χ4n) is 10.2. The fraction of sp³-hybridized carbons (Fsp3) is 0.0159. The van der Waals surface area contributed by atoms with Gasteiger partial charge in [0.25, 0.3) is 0 Å². The molecule has 0 amide bonds. The van der Waals surface area contributed by atoms with Gasteiger partial charge in [0, 0.05) is 16.7 Å². The lowest BCUT2D eigenvalue weighted by atomic mass is 9.67. The summed E-state index contributed by atoms with van der Waals surface area (Å²) in [5.41, 5.74) is 19.1. The average Bonchev–Trinajstić information content (AvgIpc) is 3.69. The van der Waals surface area contributed by atoms with Crippen molar-refractivity contribution in [1.82, 2.24) is 9.97 Å². The van der Waals surface area contributed by atoms with Gasteiger partial charge in [-0.1, -0.05) is 237 Å². The number of rotatable bonds is 8. The standard InChI is InChI=1S/C63H42N2/c1-5-18-43(19-6-1)47-22-17-23-48(40-47)44-32-34-45(35-33-44)60-42-61(65-62(64-60)46-20-7-2-8-21-46)57-39-38-52(53-28-13-14-29-54(53)57)49-36-37-56-55-30-15-16-31-58(55)63(59(56)41-49,50-24-9-3-10-25-50)51-26-11-4-12-27-51/h1-42H. The third kappa shape index (κ3) is 6.58. The van der Waals surface area contributed by atoms with Crippen molar-refractivity contribution in [2.45, 2.75) is 5.41 Å². The van der Waals surface area contributed by atoms with Crippen molar-refractivity contribution in [1.29, 1.82) is 0 Å². The molecule has 0 saturated carbocycles. The van der Waals surface area contributed by atoms with Gasteiger partial charge < -0.3 is 0 Å².